The molecule has 1 amide bonds. The summed E-state index contributed by atoms with van der Waals surface area (Å²) in [6, 6.07) is 14.2. The number of hydrogen-bond acceptors (Lipinski definition) is 6. The topological polar surface area (TPSA) is 99.1 Å². The predicted octanol–water partition coefficient (Wildman–Crippen LogP) is 5.73. The number of aromatic nitrogens is 1. The molecule has 0 spiro atoms. The van der Waals surface area contributed by atoms with Crippen LogP contribution in [0.4, 0.5) is 10.1 Å². The number of piperidine rings is 1. The van der Waals surface area contributed by atoms with Gasteiger partial charge in [0.05, 0.1) is 11.7 Å². The first-order valence-corrected chi connectivity index (χ1v) is 12.6. The molecule has 0 aliphatic carbocycles. The third-order valence-corrected chi connectivity index (χ3v) is 6.12. The Labute approximate surface area is 218 Å². The second-order valence-corrected chi connectivity index (χ2v) is 8.68. The van der Waals surface area contributed by atoms with Crippen molar-refractivity contribution in [1.82, 2.24) is 15.6 Å². The third kappa shape index (κ3) is 6.92. The Morgan fingerprint density at radius 1 is 1.11 bits per heavy atom. The van der Waals surface area contributed by atoms with Crippen molar-refractivity contribution in [2.45, 2.75) is 46.3 Å². The van der Waals surface area contributed by atoms with E-state index in [1.54, 1.807) is 25.3 Å². The predicted molar refractivity (Wildman–Crippen MR) is 148 cm³/mol. The maximum atomic E-state index is 14.1. The van der Waals surface area contributed by atoms with Crippen LogP contribution < -0.4 is 20.7 Å². The molecule has 1 aliphatic rings. The van der Waals surface area contributed by atoms with E-state index < -0.39 is 12.2 Å². The molecule has 196 valence electrons. The Balaban J connectivity index is 0.00000186. The largest absolute Gasteiger partial charge is 0.457 e. The summed E-state index contributed by atoms with van der Waals surface area (Å²) in [6.45, 7) is 8.56. The quantitative estimate of drug-likeness (QED) is 0.307. The lowest BCUT2D eigenvalue weighted by Gasteiger charge is -2.27. The van der Waals surface area contributed by atoms with Gasteiger partial charge < -0.3 is 26.1 Å². The van der Waals surface area contributed by atoms with Gasteiger partial charge in [-0.2, -0.15) is 0 Å². The molecule has 2 heterocycles. The lowest BCUT2D eigenvalue weighted by Crippen LogP contribution is -2.50. The fourth-order valence-electron chi connectivity index (χ4n) is 4.20. The number of anilines is 1. The van der Waals surface area contributed by atoms with Gasteiger partial charge in [-0.3, -0.25) is 9.78 Å². The van der Waals surface area contributed by atoms with Crippen molar-refractivity contribution < 1.29 is 13.9 Å². The van der Waals surface area contributed by atoms with E-state index >= 15 is 0 Å². The van der Waals surface area contributed by atoms with Gasteiger partial charge in [0.2, 0.25) is 0 Å². The van der Waals surface area contributed by atoms with Crippen LogP contribution in [0.1, 0.15) is 48.7 Å². The summed E-state index contributed by atoms with van der Waals surface area (Å²) in [5.74, 6) is 0.997. The second kappa shape index (κ2) is 13.0. The van der Waals surface area contributed by atoms with Crippen molar-refractivity contribution in [2.24, 2.45) is 0 Å². The summed E-state index contributed by atoms with van der Waals surface area (Å²) in [7, 11) is 1.81. The lowest BCUT2D eigenvalue weighted by molar-refractivity contribution is 0.0891. The third-order valence-electron chi connectivity index (χ3n) is 6.12. The van der Waals surface area contributed by atoms with Gasteiger partial charge in [-0.1, -0.05) is 19.9 Å². The number of carbonyl (C=O) groups is 1. The van der Waals surface area contributed by atoms with Crippen LogP contribution in [0.3, 0.4) is 0 Å². The van der Waals surface area contributed by atoms with E-state index in [2.05, 4.69) is 20.9 Å². The highest BCUT2D eigenvalue weighted by molar-refractivity contribution is 6.01. The molecular weight excluding hydrogens is 469 g/mol. The first kappa shape index (κ1) is 27.8. The monoisotopic (exact) mass is 505 g/mol. The smallest absolute Gasteiger partial charge is 0.251 e. The van der Waals surface area contributed by atoms with Crippen LogP contribution in [0.15, 0.2) is 54.7 Å². The van der Waals surface area contributed by atoms with Gasteiger partial charge in [-0.15, -0.1) is 0 Å². The van der Waals surface area contributed by atoms with Gasteiger partial charge in [0.25, 0.3) is 5.91 Å². The molecular formula is C29H36FN5O2. The Morgan fingerprint density at radius 2 is 1.84 bits per heavy atom. The number of nitrogens with zero attached hydrogens (tertiary/aromatic N) is 1. The van der Waals surface area contributed by atoms with Crippen LogP contribution in [0.2, 0.25) is 0 Å². The SMILES string of the molecule is CC.CNc1cc(Oc2ccnc(-c3ccc(C(=O)N[C@H]4CCNC[C@H]4F)c(C)c3)c2)ccc1C(C)=N. The summed E-state index contributed by atoms with van der Waals surface area (Å²) in [6.07, 6.45) is 1.16. The van der Waals surface area contributed by atoms with E-state index in [0.29, 0.717) is 41.4 Å². The first-order chi connectivity index (χ1) is 17.9. The van der Waals surface area contributed by atoms with Crippen LogP contribution in [0.5, 0.6) is 11.5 Å². The van der Waals surface area contributed by atoms with Crippen molar-refractivity contribution in [3.05, 3.63) is 71.4 Å². The number of nitrogens with one attached hydrogen (secondary N) is 4. The van der Waals surface area contributed by atoms with E-state index in [0.717, 1.165) is 22.4 Å². The van der Waals surface area contributed by atoms with E-state index in [9.17, 15) is 9.18 Å². The van der Waals surface area contributed by atoms with Gasteiger partial charge in [0.1, 0.15) is 17.7 Å². The zero-order valence-electron chi connectivity index (χ0n) is 22.1. The van der Waals surface area contributed by atoms with E-state index in [1.165, 1.54) is 0 Å². The van der Waals surface area contributed by atoms with E-state index in [4.69, 9.17) is 10.1 Å². The Morgan fingerprint density at radius 3 is 2.51 bits per heavy atom. The number of pyridine rings is 1. The van der Waals surface area contributed by atoms with E-state index in [1.807, 2.05) is 64.2 Å². The molecule has 1 saturated heterocycles. The molecule has 3 aromatic rings. The highest BCUT2D eigenvalue weighted by Crippen LogP contribution is 2.30. The summed E-state index contributed by atoms with van der Waals surface area (Å²) in [5, 5.41) is 16.8. The van der Waals surface area contributed by atoms with Crippen molar-refractivity contribution in [3.63, 3.8) is 0 Å². The molecule has 2 atom stereocenters. The molecule has 7 nitrogen and oxygen atoms in total. The minimum atomic E-state index is -1.09. The summed E-state index contributed by atoms with van der Waals surface area (Å²) in [5.41, 5.74) is 4.97. The van der Waals surface area contributed by atoms with Gasteiger partial charge in [0, 0.05) is 60.0 Å². The summed E-state index contributed by atoms with van der Waals surface area (Å²) >= 11 is 0. The van der Waals surface area contributed by atoms with Crippen molar-refractivity contribution in [3.8, 4) is 22.8 Å². The fraction of sp³-hybridized carbons (Fsp3) is 0.345. The van der Waals surface area contributed by atoms with Gasteiger partial charge in [-0.05, 0) is 62.7 Å². The second-order valence-electron chi connectivity index (χ2n) is 8.68. The average molecular weight is 506 g/mol. The minimum Gasteiger partial charge on any atom is -0.457 e. The van der Waals surface area contributed by atoms with E-state index in [-0.39, 0.29) is 12.5 Å². The Kier molecular flexibility index (Phi) is 9.74. The molecule has 0 bridgehead atoms. The maximum absolute atomic E-state index is 14.1. The maximum Gasteiger partial charge on any atom is 0.251 e. The number of benzene rings is 2. The first-order valence-electron chi connectivity index (χ1n) is 12.6. The molecule has 0 unspecified atom stereocenters. The van der Waals surface area contributed by atoms with Crippen molar-refractivity contribution >= 4 is 17.3 Å². The molecule has 37 heavy (non-hydrogen) atoms. The molecule has 1 aliphatic heterocycles. The van der Waals surface area contributed by atoms with Crippen LogP contribution in [-0.4, -0.2) is 49.0 Å². The Hall–Kier alpha value is -3.78. The lowest BCUT2D eigenvalue weighted by atomic mass is 10.0. The van der Waals surface area contributed by atoms with Crippen LogP contribution in [0.25, 0.3) is 11.3 Å². The number of halogens is 1. The highest BCUT2D eigenvalue weighted by Gasteiger charge is 2.26. The molecule has 4 rings (SSSR count). The standard InChI is InChI=1S/C27H30FN5O2.C2H6/c1-16-12-18(4-6-21(16)27(34)33-24-9-10-31-15-23(24)28)25-13-20(8-11-32-25)35-19-5-7-22(17(2)29)26(14-19)30-3;1-2/h4-8,11-14,23-24,29-31H,9-10,15H2,1-3H3,(H,33,34);1-2H3/t23-,24+;/m1./s1. The molecule has 4 N–H and O–H groups in total. The molecule has 0 saturated carbocycles. The minimum absolute atomic E-state index is 0.260. The zero-order valence-corrected chi connectivity index (χ0v) is 22.1. The van der Waals surface area contributed by atoms with Crippen molar-refractivity contribution in [1.29, 1.82) is 5.41 Å². The van der Waals surface area contributed by atoms with Gasteiger partial charge >= 0.3 is 0 Å². The molecule has 1 aromatic heterocycles. The van der Waals surface area contributed by atoms with Gasteiger partial charge in [-0.25, -0.2) is 4.39 Å². The molecule has 2 aromatic carbocycles. The number of rotatable bonds is 7. The van der Waals surface area contributed by atoms with Crippen LogP contribution in [-0.2, 0) is 0 Å². The number of aryl methyl sites for hydroxylation is 1. The average Bonchev–Trinajstić information content (AvgIpc) is 2.91. The Bertz CT molecular complexity index is 1250. The van der Waals surface area contributed by atoms with Crippen molar-refractivity contribution in [2.75, 3.05) is 25.5 Å². The number of hydrogen-bond donors (Lipinski definition) is 4. The normalized spacial score (nSPS) is 16.7. The number of amides is 1. The molecule has 1 fully saturated rings. The van der Waals surface area contributed by atoms with Gasteiger partial charge in [0.15, 0.2) is 0 Å². The summed E-state index contributed by atoms with van der Waals surface area (Å²) < 4.78 is 20.1. The molecule has 0 radical (unpaired) electrons. The highest BCUT2D eigenvalue weighted by atomic mass is 19.1. The number of ether oxygens (including phenoxy) is 1. The molecule has 8 heteroatoms. The number of alkyl halides is 1. The summed E-state index contributed by atoms with van der Waals surface area (Å²) in [4.78, 5) is 17.2. The number of carbonyl (C=O) groups excluding carboxylic acids is 1. The van der Waals surface area contributed by atoms with Crippen LogP contribution >= 0.6 is 0 Å². The van der Waals surface area contributed by atoms with Crippen LogP contribution in [0, 0.1) is 12.3 Å². The fourth-order valence-corrected chi connectivity index (χ4v) is 4.20. The zero-order chi connectivity index (χ0) is 26.9.